The van der Waals surface area contributed by atoms with Crippen LogP contribution in [0.15, 0.2) is 12.1 Å². The van der Waals surface area contributed by atoms with Crippen LogP contribution < -0.4 is 5.32 Å². The van der Waals surface area contributed by atoms with Gasteiger partial charge in [-0.1, -0.05) is 25.4 Å². The van der Waals surface area contributed by atoms with E-state index < -0.39 is 17.4 Å². The first kappa shape index (κ1) is 15.8. The second-order valence-electron chi connectivity index (χ2n) is 5.99. The number of hydrogen-bond acceptors (Lipinski definition) is 3. The highest BCUT2D eigenvalue weighted by atomic mass is 35.5. The number of amides is 1. The average molecular weight is 311 g/mol. The van der Waals surface area contributed by atoms with Gasteiger partial charge in [0.2, 0.25) is 0 Å². The average Bonchev–Trinajstić information content (AvgIpc) is 3.21. The number of rotatable bonds is 5. The van der Waals surface area contributed by atoms with E-state index in [1.807, 2.05) is 13.8 Å². The number of carboxylic acid groups (broad SMARTS) is 1. The van der Waals surface area contributed by atoms with Crippen molar-refractivity contribution in [1.29, 1.82) is 0 Å². The summed E-state index contributed by atoms with van der Waals surface area (Å²) < 4.78 is 0. The Morgan fingerprint density at radius 1 is 1.43 bits per heavy atom. The predicted octanol–water partition coefficient (Wildman–Crippen LogP) is 2.84. The summed E-state index contributed by atoms with van der Waals surface area (Å²) in [5.41, 5.74) is -0.187. The molecule has 0 aromatic carbocycles. The van der Waals surface area contributed by atoms with Crippen molar-refractivity contribution in [3.63, 3.8) is 0 Å². The molecule has 1 aromatic rings. The monoisotopic (exact) mass is 310 g/mol. The molecule has 1 aliphatic rings. The number of carboxylic acids is 1. The van der Waals surface area contributed by atoms with E-state index in [0.29, 0.717) is 11.3 Å². The molecule has 2 rings (SSSR count). The lowest BCUT2D eigenvalue weighted by Crippen LogP contribution is -2.54. The standard InChI is InChI=1S/C15H19ClN2O3/c1-8(2)11-6-9(7-12(16)17-11)13(19)18-15(3,14(20)21)10-4-5-10/h6-8,10H,4-5H2,1-3H3,(H,18,19)(H,20,21). The molecule has 0 bridgehead atoms. The van der Waals surface area contributed by atoms with E-state index in [1.165, 1.54) is 6.07 Å². The van der Waals surface area contributed by atoms with Gasteiger partial charge in [0.1, 0.15) is 10.7 Å². The predicted molar refractivity (Wildman–Crippen MR) is 79.6 cm³/mol. The quantitative estimate of drug-likeness (QED) is 0.820. The number of aliphatic carboxylic acids is 1. The lowest BCUT2D eigenvalue weighted by molar-refractivity contribution is -0.144. The van der Waals surface area contributed by atoms with Crippen LogP contribution in [0.5, 0.6) is 0 Å². The smallest absolute Gasteiger partial charge is 0.329 e. The van der Waals surface area contributed by atoms with Gasteiger partial charge in [0.15, 0.2) is 0 Å². The van der Waals surface area contributed by atoms with Gasteiger partial charge < -0.3 is 10.4 Å². The summed E-state index contributed by atoms with van der Waals surface area (Å²) in [6, 6.07) is 3.11. The fourth-order valence-corrected chi connectivity index (χ4v) is 2.46. The SMILES string of the molecule is CC(C)c1cc(C(=O)NC(C)(C(=O)O)C2CC2)cc(Cl)n1. The second kappa shape index (κ2) is 5.64. The van der Waals surface area contributed by atoms with Crippen LogP contribution in [0.4, 0.5) is 0 Å². The second-order valence-corrected chi connectivity index (χ2v) is 6.38. The zero-order valence-corrected chi connectivity index (χ0v) is 13.1. The fourth-order valence-electron chi connectivity index (χ4n) is 2.24. The molecule has 1 heterocycles. The molecule has 1 atom stereocenters. The zero-order valence-electron chi connectivity index (χ0n) is 12.3. The maximum atomic E-state index is 12.4. The van der Waals surface area contributed by atoms with Crippen molar-refractivity contribution in [3.8, 4) is 0 Å². The summed E-state index contributed by atoms with van der Waals surface area (Å²) in [6.45, 7) is 5.45. The summed E-state index contributed by atoms with van der Waals surface area (Å²) in [5.74, 6) is -1.33. The van der Waals surface area contributed by atoms with E-state index in [2.05, 4.69) is 10.3 Å². The molecule has 0 saturated heterocycles. The van der Waals surface area contributed by atoms with Gasteiger partial charge in [-0.15, -0.1) is 0 Å². The molecule has 114 valence electrons. The number of aromatic nitrogens is 1. The Morgan fingerprint density at radius 2 is 2.05 bits per heavy atom. The van der Waals surface area contributed by atoms with Crippen molar-refractivity contribution in [1.82, 2.24) is 10.3 Å². The number of nitrogens with zero attached hydrogens (tertiary/aromatic N) is 1. The van der Waals surface area contributed by atoms with Gasteiger partial charge in [-0.25, -0.2) is 9.78 Å². The summed E-state index contributed by atoms with van der Waals surface area (Å²) in [7, 11) is 0. The van der Waals surface area contributed by atoms with Crippen molar-refractivity contribution in [2.75, 3.05) is 0 Å². The maximum absolute atomic E-state index is 12.4. The molecule has 1 aliphatic carbocycles. The van der Waals surface area contributed by atoms with Gasteiger partial charge >= 0.3 is 5.97 Å². The van der Waals surface area contributed by atoms with Crippen LogP contribution in [0.3, 0.4) is 0 Å². The van der Waals surface area contributed by atoms with Gasteiger partial charge in [0, 0.05) is 11.3 Å². The van der Waals surface area contributed by atoms with Gasteiger partial charge in [0.05, 0.1) is 0 Å². The van der Waals surface area contributed by atoms with Gasteiger partial charge in [-0.05, 0) is 43.7 Å². The minimum Gasteiger partial charge on any atom is -0.480 e. The Hall–Kier alpha value is -1.62. The molecule has 6 heteroatoms. The first-order valence-electron chi connectivity index (χ1n) is 6.97. The van der Waals surface area contributed by atoms with Gasteiger partial charge in [0.25, 0.3) is 5.91 Å². The maximum Gasteiger partial charge on any atom is 0.329 e. The van der Waals surface area contributed by atoms with E-state index >= 15 is 0 Å². The lowest BCUT2D eigenvalue weighted by atomic mass is 9.95. The van der Waals surface area contributed by atoms with E-state index in [9.17, 15) is 14.7 Å². The molecule has 2 N–H and O–H groups in total. The van der Waals surface area contributed by atoms with Crippen LogP contribution in [-0.2, 0) is 4.79 Å². The first-order valence-corrected chi connectivity index (χ1v) is 7.35. The molecular formula is C15H19ClN2O3. The summed E-state index contributed by atoms with van der Waals surface area (Å²) in [5, 5.41) is 12.3. The minimum absolute atomic E-state index is 0.0131. The van der Waals surface area contributed by atoms with Crippen molar-refractivity contribution in [2.45, 2.75) is 45.1 Å². The third kappa shape index (κ3) is 3.35. The largest absolute Gasteiger partial charge is 0.480 e. The third-order valence-electron chi connectivity index (χ3n) is 3.88. The number of hydrogen-bond donors (Lipinski definition) is 2. The molecule has 0 radical (unpaired) electrons. The third-order valence-corrected chi connectivity index (χ3v) is 4.07. The molecule has 1 amide bonds. The highest BCUT2D eigenvalue weighted by Crippen LogP contribution is 2.39. The Labute approximate surface area is 128 Å². The lowest BCUT2D eigenvalue weighted by Gasteiger charge is -2.26. The van der Waals surface area contributed by atoms with Crippen molar-refractivity contribution in [3.05, 3.63) is 28.5 Å². The normalized spacial score (nSPS) is 17.4. The highest BCUT2D eigenvalue weighted by Gasteiger charge is 2.48. The van der Waals surface area contributed by atoms with Crippen molar-refractivity contribution in [2.24, 2.45) is 5.92 Å². The zero-order chi connectivity index (χ0) is 15.8. The van der Waals surface area contributed by atoms with Crippen LogP contribution in [-0.4, -0.2) is 27.5 Å². The van der Waals surface area contributed by atoms with Crippen molar-refractivity contribution < 1.29 is 14.7 Å². The summed E-state index contributed by atoms with van der Waals surface area (Å²) in [6.07, 6.45) is 1.63. The van der Waals surface area contributed by atoms with Gasteiger partial charge in [-0.3, -0.25) is 4.79 Å². The van der Waals surface area contributed by atoms with Crippen LogP contribution in [0, 0.1) is 5.92 Å². The Balaban J connectivity index is 2.26. The van der Waals surface area contributed by atoms with E-state index in [-0.39, 0.29) is 17.0 Å². The fraction of sp³-hybridized carbons (Fsp3) is 0.533. The van der Waals surface area contributed by atoms with Crippen LogP contribution in [0.25, 0.3) is 0 Å². The van der Waals surface area contributed by atoms with Crippen molar-refractivity contribution >= 4 is 23.5 Å². The summed E-state index contributed by atoms with van der Waals surface area (Å²) in [4.78, 5) is 28.0. The Kier molecular flexibility index (Phi) is 4.23. The number of carbonyl (C=O) groups is 2. The summed E-state index contributed by atoms with van der Waals surface area (Å²) >= 11 is 5.94. The Bertz CT molecular complexity index is 584. The van der Waals surface area contributed by atoms with Gasteiger partial charge in [-0.2, -0.15) is 0 Å². The number of pyridine rings is 1. The molecule has 0 aliphatic heterocycles. The molecule has 1 aromatic heterocycles. The molecule has 1 saturated carbocycles. The van der Waals surface area contributed by atoms with Crippen LogP contribution >= 0.6 is 11.6 Å². The van der Waals surface area contributed by atoms with Crippen LogP contribution in [0.2, 0.25) is 5.15 Å². The highest BCUT2D eigenvalue weighted by molar-refractivity contribution is 6.29. The van der Waals surface area contributed by atoms with E-state index in [4.69, 9.17) is 11.6 Å². The van der Waals surface area contributed by atoms with Crippen LogP contribution in [0.1, 0.15) is 55.6 Å². The molecule has 1 fully saturated rings. The van der Waals surface area contributed by atoms with E-state index in [0.717, 1.165) is 12.8 Å². The van der Waals surface area contributed by atoms with E-state index in [1.54, 1.807) is 13.0 Å². The molecule has 5 nitrogen and oxygen atoms in total. The number of carbonyl (C=O) groups excluding carboxylic acids is 1. The minimum atomic E-state index is -1.23. The molecule has 1 unspecified atom stereocenters. The molecule has 21 heavy (non-hydrogen) atoms. The number of halogens is 1. The first-order chi connectivity index (χ1) is 9.74. The Morgan fingerprint density at radius 3 is 2.52 bits per heavy atom. The topological polar surface area (TPSA) is 79.3 Å². The number of nitrogens with one attached hydrogen (secondary N) is 1. The molecule has 0 spiro atoms. The molecular weight excluding hydrogens is 292 g/mol.